The van der Waals surface area contributed by atoms with Gasteiger partial charge in [-0.25, -0.2) is 0 Å². The Morgan fingerprint density at radius 2 is 1.83 bits per heavy atom. The molecule has 0 atom stereocenters. The molecule has 0 amide bonds. The minimum absolute atomic E-state index is 0.740. The van der Waals surface area contributed by atoms with Crippen molar-refractivity contribution in [3.63, 3.8) is 0 Å². The highest BCUT2D eigenvalue weighted by Crippen LogP contribution is 2.01. The first kappa shape index (κ1) is 11.5. The first-order chi connectivity index (χ1) is 5.91. The molecular weight excluding hydrogens is 148 g/mol. The molecule has 0 spiro atoms. The van der Waals surface area contributed by atoms with E-state index in [2.05, 4.69) is 18.8 Å². The molecular formula is C11H19O. The Kier molecular flexibility index (Phi) is 10.1. The molecule has 0 bridgehead atoms. The average Bonchev–Trinajstić information content (AvgIpc) is 2.10. The molecule has 12 heavy (non-hydrogen) atoms. The zero-order chi connectivity index (χ0) is 9.07. The van der Waals surface area contributed by atoms with Gasteiger partial charge in [-0.1, -0.05) is 12.8 Å². The van der Waals surface area contributed by atoms with Gasteiger partial charge < -0.3 is 4.74 Å². The molecule has 0 unspecified atom stereocenters. The zero-order valence-corrected chi connectivity index (χ0v) is 8.07. The van der Waals surface area contributed by atoms with E-state index in [1.54, 1.807) is 7.11 Å². The van der Waals surface area contributed by atoms with Gasteiger partial charge in [-0.2, -0.15) is 0 Å². The van der Waals surface area contributed by atoms with Crippen molar-refractivity contribution < 1.29 is 4.74 Å². The molecule has 1 heteroatoms. The Balaban J connectivity index is 2.91. The minimum atomic E-state index is 0.740. The van der Waals surface area contributed by atoms with Crippen LogP contribution in [0.3, 0.4) is 0 Å². The van der Waals surface area contributed by atoms with Crippen molar-refractivity contribution in [3.8, 4) is 11.8 Å². The Morgan fingerprint density at radius 3 is 2.50 bits per heavy atom. The van der Waals surface area contributed by atoms with Crippen LogP contribution >= 0.6 is 0 Å². The fourth-order valence-corrected chi connectivity index (χ4v) is 0.990. The van der Waals surface area contributed by atoms with E-state index in [-0.39, 0.29) is 0 Å². The lowest BCUT2D eigenvalue weighted by atomic mass is 10.1. The normalized spacial score (nSPS) is 9.17. The van der Waals surface area contributed by atoms with Crippen molar-refractivity contribution in [2.75, 3.05) is 13.7 Å². The number of unbranched alkanes of at least 4 members (excludes halogenated alkanes) is 4. The van der Waals surface area contributed by atoms with Crippen LogP contribution in [-0.2, 0) is 4.74 Å². The maximum Gasteiger partial charge on any atom is 0.0462 e. The third kappa shape index (κ3) is 9.52. The SMILES string of the molecule is [CH2]CC#CCCCCCCOC. The van der Waals surface area contributed by atoms with Gasteiger partial charge in [0, 0.05) is 26.6 Å². The zero-order valence-electron chi connectivity index (χ0n) is 8.07. The van der Waals surface area contributed by atoms with Crippen molar-refractivity contribution in [1.82, 2.24) is 0 Å². The summed E-state index contributed by atoms with van der Waals surface area (Å²) in [6.45, 7) is 4.55. The largest absolute Gasteiger partial charge is 0.385 e. The van der Waals surface area contributed by atoms with Gasteiger partial charge >= 0.3 is 0 Å². The average molecular weight is 167 g/mol. The molecule has 0 rings (SSSR count). The van der Waals surface area contributed by atoms with Crippen LogP contribution in [-0.4, -0.2) is 13.7 Å². The Bertz CT molecular complexity index is 130. The van der Waals surface area contributed by atoms with Crippen LogP contribution in [0.25, 0.3) is 0 Å². The van der Waals surface area contributed by atoms with E-state index in [9.17, 15) is 0 Å². The molecule has 0 aliphatic carbocycles. The Morgan fingerprint density at radius 1 is 1.08 bits per heavy atom. The quantitative estimate of drug-likeness (QED) is 0.436. The standard InChI is InChI=1S/C11H19O/c1-3-4-5-6-7-8-9-10-11-12-2/h1,3,6-11H2,2H3. The Hall–Kier alpha value is -0.480. The highest BCUT2D eigenvalue weighted by Gasteiger charge is 1.87. The van der Waals surface area contributed by atoms with Gasteiger partial charge in [-0.15, -0.1) is 11.8 Å². The first-order valence-corrected chi connectivity index (χ1v) is 4.65. The lowest BCUT2D eigenvalue weighted by Crippen LogP contribution is -1.87. The number of ether oxygens (including phenoxy) is 1. The van der Waals surface area contributed by atoms with Gasteiger partial charge in [-0.05, 0) is 19.8 Å². The summed E-state index contributed by atoms with van der Waals surface area (Å²) < 4.78 is 4.95. The lowest BCUT2D eigenvalue weighted by molar-refractivity contribution is 0.192. The van der Waals surface area contributed by atoms with E-state index in [4.69, 9.17) is 4.74 Å². The van der Waals surface area contributed by atoms with Crippen LogP contribution in [0.2, 0.25) is 0 Å². The van der Waals surface area contributed by atoms with Crippen LogP contribution < -0.4 is 0 Å². The maximum atomic E-state index is 4.95. The summed E-state index contributed by atoms with van der Waals surface area (Å²) in [5.74, 6) is 6.05. The summed E-state index contributed by atoms with van der Waals surface area (Å²) in [6.07, 6.45) is 6.71. The van der Waals surface area contributed by atoms with E-state index in [1.807, 2.05) is 0 Å². The molecule has 0 fully saturated rings. The fourth-order valence-electron chi connectivity index (χ4n) is 0.990. The summed E-state index contributed by atoms with van der Waals surface area (Å²) in [5, 5.41) is 0. The number of methoxy groups -OCH3 is 1. The molecule has 0 heterocycles. The minimum Gasteiger partial charge on any atom is -0.385 e. The summed E-state index contributed by atoms with van der Waals surface area (Å²) in [4.78, 5) is 0. The summed E-state index contributed by atoms with van der Waals surface area (Å²) >= 11 is 0. The summed E-state index contributed by atoms with van der Waals surface area (Å²) in [6, 6.07) is 0. The molecule has 0 saturated carbocycles. The number of hydrogen-bond acceptors (Lipinski definition) is 1. The topological polar surface area (TPSA) is 9.23 Å². The van der Waals surface area contributed by atoms with Crippen LogP contribution in [0.4, 0.5) is 0 Å². The molecule has 0 aromatic carbocycles. The molecule has 0 aliphatic rings. The van der Waals surface area contributed by atoms with Crippen molar-refractivity contribution in [2.45, 2.75) is 38.5 Å². The molecule has 0 aromatic rings. The van der Waals surface area contributed by atoms with Crippen LogP contribution in [0.1, 0.15) is 38.5 Å². The van der Waals surface area contributed by atoms with Crippen LogP contribution in [0.5, 0.6) is 0 Å². The van der Waals surface area contributed by atoms with Crippen molar-refractivity contribution >= 4 is 0 Å². The van der Waals surface area contributed by atoms with Crippen molar-refractivity contribution in [2.24, 2.45) is 0 Å². The summed E-state index contributed by atoms with van der Waals surface area (Å²) in [7, 11) is 1.75. The highest BCUT2D eigenvalue weighted by atomic mass is 16.5. The second kappa shape index (κ2) is 10.5. The second-order valence-corrected chi connectivity index (χ2v) is 2.76. The first-order valence-electron chi connectivity index (χ1n) is 4.65. The molecule has 0 N–H and O–H groups in total. The third-order valence-corrected chi connectivity index (χ3v) is 1.65. The number of hydrogen-bond donors (Lipinski definition) is 0. The lowest BCUT2D eigenvalue weighted by Gasteiger charge is -1.97. The smallest absolute Gasteiger partial charge is 0.0462 e. The van der Waals surface area contributed by atoms with Crippen molar-refractivity contribution in [1.29, 1.82) is 0 Å². The van der Waals surface area contributed by atoms with Crippen LogP contribution in [0.15, 0.2) is 0 Å². The van der Waals surface area contributed by atoms with E-state index in [0.717, 1.165) is 19.4 Å². The Labute approximate surface area is 76.5 Å². The fraction of sp³-hybridized carbons (Fsp3) is 0.727. The van der Waals surface area contributed by atoms with Gasteiger partial charge in [0.15, 0.2) is 0 Å². The van der Waals surface area contributed by atoms with Crippen LogP contribution in [0, 0.1) is 18.8 Å². The predicted molar refractivity (Wildman–Crippen MR) is 52.7 cm³/mol. The van der Waals surface area contributed by atoms with E-state index >= 15 is 0 Å². The van der Waals surface area contributed by atoms with Gasteiger partial charge in [0.05, 0.1) is 0 Å². The van der Waals surface area contributed by atoms with E-state index in [0.29, 0.717) is 0 Å². The molecule has 1 nitrogen and oxygen atoms in total. The third-order valence-electron chi connectivity index (χ3n) is 1.65. The van der Waals surface area contributed by atoms with E-state index in [1.165, 1.54) is 25.7 Å². The molecule has 0 saturated heterocycles. The highest BCUT2D eigenvalue weighted by molar-refractivity contribution is 4.98. The van der Waals surface area contributed by atoms with Gasteiger partial charge in [0.25, 0.3) is 0 Å². The number of rotatable bonds is 6. The molecule has 1 radical (unpaired) electrons. The second-order valence-electron chi connectivity index (χ2n) is 2.76. The van der Waals surface area contributed by atoms with E-state index < -0.39 is 0 Å². The molecule has 0 aliphatic heterocycles. The van der Waals surface area contributed by atoms with Gasteiger partial charge in [0.2, 0.25) is 0 Å². The predicted octanol–water partition coefficient (Wildman–Crippen LogP) is 2.81. The van der Waals surface area contributed by atoms with Gasteiger partial charge in [0.1, 0.15) is 0 Å². The molecule has 0 aromatic heterocycles. The maximum absolute atomic E-state index is 4.95. The van der Waals surface area contributed by atoms with Crippen molar-refractivity contribution in [3.05, 3.63) is 6.92 Å². The molecule has 69 valence electrons. The summed E-state index contributed by atoms with van der Waals surface area (Å²) in [5.41, 5.74) is 0. The monoisotopic (exact) mass is 167 g/mol. The van der Waals surface area contributed by atoms with Gasteiger partial charge in [-0.3, -0.25) is 0 Å².